The fourth-order valence-corrected chi connectivity index (χ4v) is 3.53. The molecule has 0 fully saturated rings. The lowest BCUT2D eigenvalue weighted by Crippen LogP contribution is -2.09. The summed E-state index contributed by atoms with van der Waals surface area (Å²) in [6, 6.07) is 9.22. The first kappa shape index (κ1) is 21.2. The SMILES string of the molecule is CCn1c(SCC(=O)OCc2nnc(-c3ccc([N+](=O)[O-])cc3)o2)nnc1-c1ccco1. The third-order valence-corrected chi connectivity index (χ3v) is 5.18. The fraction of sp³-hybridized carbons (Fsp3) is 0.211. The smallest absolute Gasteiger partial charge is 0.316 e. The van der Waals surface area contributed by atoms with Crippen LogP contribution >= 0.6 is 11.8 Å². The molecule has 0 saturated carbocycles. The molecule has 0 saturated heterocycles. The highest BCUT2D eigenvalue weighted by molar-refractivity contribution is 7.99. The number of benzene rings is 1. The van der Waals surface area contributed by atoms with Crippen LogP contribution < -0.4 is 0 Å². The highest BCUT2D eigenvalue weighted by Gasteiger charge is 2.17. The zero-order valence-electron chi connectivity index (χ0n) is 16.7. The second-order valence-corrected chi connectivity index (χ2v) is 7.22. The van der Waals surface area contributed by atoms with Gasteiger partial charge >= 0.3 is 5.97 Å². The maximum Gasteiger partial charge on any atom is 0.316 e. The van der Waals surface area contributed by atoms with Crippen LogP contribution in [0.25, 0.3) is 23.0 Å². The molecule has 0 spiro atoms. The van der Waals surface area contributed by atoms with Gasteiger partial charge < -0.3 is 13.6 Å². The Morgan fingerprint density at radius 2 is 2.00 bits per heavy atom. The maximum absolute atomic E-state index is 12.1. The summed E-state index contributed by atoms with van der Waals surface area (Å²) in [4.78, 5) is 22.4. The molecule has 0 N–H and O–H groups in total. The van der Waals surface area contributed by atoms with Crippen molar-refractivity contribution in [2.75, 3.05) is 5.75 Å². The number of nitrogens with zero attached hydrogens (tertiary/aromatic N) is 6. The molecule has 0 aliphatic heterocycles. The third kappa shape index (κ3) is 4.67. The molecule has 0 radical (unpaired) electrons. The Bertz CT molecular complexity index is 1220. The first-order valence-corrected chi connectivity index (χ1v) is 10.4. The van der Waals surface area contributed by atoms with Crippen molar-refractivity contribution in [3.05, 3.63) is 58.7 Å². The van der Waals surface area contributed by atoms with Crippen molar-refractivity contribution in [2.45, 2.75) is 25.2 Å². The van der Waals surface area contributed by atoms with Gasteiger partial charge in [0.25, 0.3) is 11.6 Å². The lowest BCUT2D eigenvalue weighted by atomic mass is 10.2. The summed E-state index contributed by atoms with van der Waals surface area (Å²) >= 11 is 1.19. The summed E-state index contributed by atoms with van der Waals surface area (Å²) in [6.45, 7) is 2.35. The molecule has 0 atom stereocenters. The van der Waals surface area contributed by atoms with Crippen LogP contribution in [0.2, 0.25) is 0 Å². The lowest BCUT2D eigenvalue weighted by Gasteiger charge is -2.05. The van der Waals surface area contributed by atoms with Crippen LogP contribution in [-0.2, 0) is 22.7 Å². The van der Waals surface area contributed by atoms with Crippen molar-refractivity contribution in [1.82, 2.24) is 25.0 Å². The largest absolute Gasteiger partial charge is 0.461 e. The van der Waals surface area contributed by atoms with Crippen molar-refractivity contribution in [2.24, 2.45) is 0 Å². The summed E-state index contributed by atoms with van der Waals surface area (Å²) in [6.07, 6.45) is 1.55. The standard InChI is InChI=1S/C19H16N6O6S/c1-2-24-17(14-4-3-9-29-14)21-23-19(24)32-11-16(26)30-10-15-20-22-18(31-15)12-5-7-13(8-6-12)25(27)28/h3-9H,2,10-11H2,1H3. The van der Waals surface area contributed by atoms with Gasteiger partial charge in [0.05, 0.1) is 16.9 Å². The van der Waals surface area contributed by atoms with E-state index in [1.165, 1.54) is 36.0 Å². The summed E-state index contributed by atoms with van der Waals surface area (Å²) < 4.78 is 17.8. The molecule has 164 valence electrons. The first-order chi connectivity index (χ1) is 15.5. The summed E-state index contributed by atoms with van der Waals surface area (Å²) in [5.74, 6) is 0.970. The maximum atomic E-state index is 12.1. The molecular weight excluding hydrogens is 440 g/mol. The Hall–Kier alpha value is -4.00. The van der Waals surface area contributed by atoms with Crippen molar-refractivity contribution in [3.63, 3.8) is 0 Å². The van der Waals surface area contributed by atoms with E-state index in [0.29, 0.717) is 28.8 Å². The van der Waals surface area contributed by atoms with Crippen LogP contribution in [0.5, 0.6) is 0 Å². The number of non-ortho nitro benzene ring substituents is 1. The number of hydrogen-bond donors (Lipinski definition) is 0. The fourth-order valence-electron chi connectivity index (χ4n) is 2.73. The molecule has 3 heterocycles. The Morgan fingerprint density at radius 1 is 1.19 bits per heavy atom. The van der Waals surface area contributed by atoms with Gasteiger partial charge in [0.1, 0.15) is 0 Å². The summed E-state index contributed by atoms with van der Waals surface area (Å²) in [5, 5.41) is 27.2. The van der Waals surface area contributed by atoms with E-state index in [9.17, 15) is 14.9 Å². The Morgan fingerprint density at radius 3 is 2.69 bits per heavy atom. The van der Waals surface area contributed by atoms with E-state index in [2.05, 4.69) is 20.4 Å². The Balaban J connectivity index is 1.31. The number of carbonyl (C=O) groups is 1. The highest BCUT2D eigenvalue weighted by Crippen LogP contribution is 2.25. The van der Waals surface area contributed by atoms with E-state index in [1.807, 2.05) is 11.5 Å². The molecule has 0 unspecified atom stereocenters. The van der Waals surface area contributed by atoms with E-state index < -0.39 is 10.9 Å². The number of carbonyl (C=O) groups excluding carboxylic acids is 1. The highest BCUT2D eigenvalue weighted by atomic mass is 32.2. The van der Waals surface area contributed by atoms with Crippen LogP contribution in [0.1, 0.15) is 12.8 Å². The minimum Gasteiger partial charge on any atom is -0.461 e. The van der Waals surface area contributed by atoms with Gasteiger partial charge in [-0.25, -0.2) is 0 Å². The van der Waals surface area contributed by atoms with Crippen LogP contribution in [0.15, 0.2) is 56.7 Å². The van der Waals surface area contributed by atoms with Crippen molar-refractivity contribution < 1.29 is 23.3 Å². The average molecular weight is 456 g/mol. The second kappa shape index (κ2) is 9.43. The topological polar surface area (TPSA) is 152 Å². The van der Waals surface area contributed by atoms with E-state index in [1.54, 1.807) is 18.4 Å². The Labute approximate surface area is 184 Å². The van der Waals surface area contributed by atoms with Gasteiger partial charge in [-0.15, -0.1) is 20.4 Å². The lowest BCUT2D eigenvalue weighted by molar-refractivity contribution is -0.384. The Kier molecular flexibility index (Phi) is 6.26. The number of ether oxygens (including phenoxy) is 1. The number of rotatable bonds is 9. The van der Waals surface area contributed by atoms with Crippen LogP contribution in [0.4, 0.5) is 5.69 Å². The molecule has 0 aliphatic rings. The third-order valence-electron chi connectivity index (χ3n) is 4.24. The zero-order valence-corrected chi connectivity index (χ0v) is 17.5. The summed E-state index contributed by atoms with van der Waals surface area (Å²) in [5.41, 5.74) is 0.470. The molecule has 1 aromatic carbocycles. The van der Waals surface area contributed by atoms with Crippen LogP contribution in [0.3, 0.4) is 0 Å². The van der Waals surface area contributed by atoms with Gasteiger partial charge in [0.2, 0.25) is 5.89 Å². The average Bonchev–Trinajstić information content (AvgIpc) is 3.56. The molecular formula is C19H16N6O6S. The number of hydrogen-bond acceptors (Lipinski definition) is 11. The van der Waals surface area contributed by atoms with Crippen molar-refractivity contribution >= 4 is 23.4 Å². The molecule has 12 nitrogen and oxygen atoms in total. The number of thioether (sulfide) groups is 1. The molecule has 32 heavy (non-hydrogen) atoms. The monoisotopic (exact) mass is 456 g/mol. The molecule has 0 aliphatic carbocycles. The minimum absolute atomic E-state index is 0.0135. The van der Waals surface area contributed by atoms with Gasteiger partial charge in [-0.3, -0.25) is 19.5 Å². The molecule has 13 heteroatoms. The van der Waals surface area contributed by atoms with Crippen molar-refractivity contribution in [1.29, 1.82) is 0 Å². The van der Waals surface area contributed by atoms with E-state index in [-0.39, 0.29) is 29.8 Å². The predicted octanol–water partition coefficient (Wildman–Crippen LogP) is 3.35. The van der Waals surface area contributed by atoms with Crippen LogP contribution in [-0.4, -0.2) is 41.6 Å². The zero-order chi connectivity index (χ0) is 22.5. The van der Waals surface area contributed by atoms with E-state index in [0.717, 1.165) is 0 Å². The van der Waals surface area contributed by atoms with E-state index in [4.69, 9.17) is 13.6 Å². The predicted molar refractivity (Wildman–Crippen MR) is 110 cm³/mol. The summed E-state index contributed by atoms with van der Waals surface area (Å²) in [7, 11) is 0. The normalized spacial score (nSPS) is 10.9. The first-order valence-electron chi connectivity index (χ1n) is 9.38. The van der Waals surface area contributed by atoms with Crippen LogP contribution in [0, 0.1) is 10.1 Å². The van der Waals surface area contributed by atoms with Gasteiger partial charge in [0.15, 0.2) is 23.3 Å². The molecule has 0 amide bonds. The second-order valence-electron chi connectivity index (χ2n) is 6.28. The number of esters is 1. The van der Waals surface area contributed by atoms with Gasteiger partial charge in [-0.2, -0.15) is 0 Å². The number of aromatic nitrogens is 5. The minimum atomic E-state index is -0.499. The van der Waals surface area contributed by atoms with E-state index >= 15 is 0 Å². The molecule has 0 bridgehead atoms. The van der Waals surface area contributed by atoms with Gasteiger partial charge in [-0.1, -0.05) is 11.8 Å². The number of nitro groups is 1. The molecule has 4 aromatic rings. The number of nitro benzene ring substituents is 1. The number of furan rings is 1. The molecule has 4 rings (SSSR count). The van der Waals surface area contributed by atoms with Gasteiger partial charge in [-0.05, 0) is 31.2 Å². The van der Waals surface area contributed by atoms with Gasteiger partial charge in [0, 0.05) is 24.2 Å². The van der Waals surface area contributed by atoms with Crippen molar-refractivity contribution in [3.8, 4) is 23.0 Å². The quantitative estimate of drug-likeness (QED) is 0.158. The molecule has 3 aromatic heterocycles.